The third-order valence-electron chi connectivity index (χ3n) is 3.70. The van der Waals surface area contributed by atoms with Crippen LogP contribution in [0.25, 0.3) is 0 Å². The van der Waals surface area contributed by atoms with Crippen LogP contribution in [0.15, 0.2) is 4.42 Å². The van der Waals surface area contributed by atoms with Gasteiger partial charge in [-0.25, -0.2) is 0 Å². The maximum absolute atomic E-state index is 12.1. The minimum Gasteiger partial charge on any atom is -0.424 e. The summed E-state index contributed by atoms with van der Waals surface area (Å²) in [4.78, 5) is 15.9. The fourth-order valence-corrected chi connectivity index (χ4v) is 2.50. The summed E-state index contributed by atoms with van der Waals surface area (Å²) < 4.78 is 5.28. The summed E-state index contributed by atoms with van der Waals surface area (Å²) >= 11 is 0. The molecule has 0 aliphatic heterocycles. The van der Waals surface area contributed by atoms with Gasteiger partial charge in [0.15, 0.2) is 0 Å². The number of rotatable bonds is 5. The SMILES string of the molecule is Cc1nnc(CN(C)C(=O)CN(C)C2CCCC2)o1. The number of aryl methyl sites for hydroxylation is 1. The van der Waals surface area contributed by atoms with Crippen molar-refractivity contribution in [1.29, 1.82) is 0 Å². The van der Waals surface area contributed by atoms with E-state index in [-0.39, 0.29) is 5.91 Å². The van der Waals surface area contributed by atoms with E-state index in [1.54, 1.807) is 18.9 Å². The highest BCUT2D eigenvalue weighted by Crippen LogP contribution is 2.22. The number of likely N-dealkylation sites (N-methyl/N-ethyl adjacent to an activating group) is 2. The molecule has 1 saturated carbocycles. The Bertz CT molecular complexity index is 426. The van der Waals surface area contributed by atoms with Crippen LogP contribution in [0.2, 0.25) is 0 Å². The van der Waals surface area contributed by atoms with Crippen molar-refractivity contribution in [2.24, 2.45) is 0 Å². The van der Waals surface area contributed by atoms with Crippen LogP contribution in [-0.2, 0) is 11.3 Å². The number of aromatic nitrogens is 2. The molecule has 6 nitrogen and oxygen atoms in total. The van der Waals surface area contributed by atoms with Gasteiger partial charge in [-0.1, -0.05) is 12.8 Å². The Labute approximate surface area is 113 Å². The first kappa shape index (κ1) is 14.0. The quantitative estimate of drug-likeness (QED) is 0.801. The predicted molar refractivity (Wildman–Crippen MR) is 70.4 cm³/mol. The van der Waals surface area contributed by atoms with E-state index >= 15 is 0 Å². The molecule has 106 valence electrons. The van der Waals surface area contributed by atoms with Crippen molar-refractivity contribution in [3.63, 3.8) is 0 Å². The van der Waals surface area contributed by atoms with Gasteiger partial charge in [0.1, 0.15) is 0 Å². The Hall–Kier alpha value is -1.43. The lowest BCUT2D eigenvalue weighted by atomic mass is 10.2. The summed E-state index contributed by atoms with van der Waals surface area (Å²) in [7, 11) is 3.79. The maximum Gasteiger partial charge on any atom is 0.236 e. The van der Waals surface area contributed by atoms with E-state index < -0.39 is 0 Å². The largest absolute Gasteiger partial charge is 0.424 e. The van der Waals surface area contributed by atoms with Crippen molar-refractivity contribution in [2.45, 2.75) is 45.2 Å². The van der Waals surface area contributed by atoms with E-state index in [1.807, 2.05) is 7.05 Å². The molecule has 6 heteroatoms. The first-order valence-electron chi connectivity index (χ1n) is 6.79. The number of carbonyl (C=O) groups is 1. The van der Waals surface area contributed by atoms with Crippen molar-refractivity contribution in [2.75, 3.05) is 20.6 Å². The summed E-state index contributed by atoms with van der Waals surface area (Å²) in [6.07, 6.45) is 4.97. The molecule has 0 bridgehead atoms. The van der Waals surface area contributed by atoms with Gasteiger partial charge in [0.25, 0.3) is 0 Å². The number of nitrogens with zero attached hydrogens (tertiary/aromatic N) is 4. The van der Waals surface area contributed by atoms with E-state index in [1.165, 1.54) is 25.7 Å². The Morgan fingerprint density at radius 2 is 2.00 bits per heavy atom. The second-order valence-corrected chi connectivity index (χ2v) is 5.32. The molecule has 1 fully saturated rings. The van der Waals surface area contributed by atoms with Gasteiger partial charge in [-0.3, -0.25) is 9.69 Å². The fourth-order valence-electron chi connectivity index (χ4n) is 2.50. The molecule has 1 aliphatic rings. The second-order valence-electron chi connectivity index (χ2n) is 5.32. The molecule has 1 heterocycles. The zero-order valence-electron chi connectivity index (χ0n) is 11.9. The summed E-state index contributed by atoms with van der Waals surface area (Å²) in [6, 6.07) is 0.558. The number of hydrogen-bond donors (Lipinski definition) is 0. The Kier molecular flexibility index (Phi) is 4.52. The molecular weight excluding hydrogens is 244 g/mol. The van der Waals surface area contributed by atoms with Crippen molar-refractivity contribution in [3.05, 3.63) is 11.8 Å². The molecule has 0 N–H and O–H groups in total. The van der Waals surface area contributed by atoms with Crippen LogP contribution in [0.3, 0.4) is 0 Å². The highest BCUT2D eigenvalue weighted by molar-refractivity contribution is 5.77. The lowest BCUT2D eigenvalue weighted by molar-refractivity contribution is -0.132. The monoisotopic (exact) mass is 266 g/mol. The average molecular weight is 266 g/mol. The molecule has 1 aromatic heterocycles. The van der Waals surface area contributed by atoms with Crippen LogP contribution in [-0.4, -0.2) is 52.6 Å². The van der Waals surface area contributed by atoms with Gasteiger partial charge in [0.2, 0.25) is 17.7 Å². The summed E-state index contributed by atoms with van der Waals surface area (Å²) in [6.45, 7) is 2.57. The zero-order valence-corrected chi connectivity index (χ0v) is 11.9. The molecule has 0 aromatic carbocycles. The molecule has 0 unspecified atom stereocenters. The number of amides is 1. The van der Waals surface area contributed by atoms with Crippen LogP contribution in [0, 0.1) is 6.92 Å². The molecule has 1 aliphatic carbocycles. The van der Waals surface area contributed by atoms with E-state index in [4.69, 9.17) is 4.42 Å². The minimum absolute atomic E-state index is 0.0882. The van der Waals surface area contributed by atoms with Gasteiger partial charge in [0.05, 0.1) is 13.1 Å². The van der Waals surface area contributed by atoms with Gasteiger partial charge >= 0.3 is 0 Å². The van der Waals surface area contributed by atoms with Crippen LogP contribution < -0.4 is 0 Å². The first-order valence-corrected chi connectivity index (χ1v) is 6.79. The lowest BCUT2D eigenvalue weighted by Gasteiger charge is -2.25. The molecule has 0 spiro atoms. The summed E-state index contributed by atoms with van der Waals surface area (Å²) in [5.41, 5.74) is 0. The van der Waals surface area contributed by atoms with Crippen molar-refractivity contribution >= 4 is 5.91 Å². The molecule has 1 aromatic rings. The van der Waals surface area contributed by atoms with Crippen molar-refractivity contribution in [3.8, 4) is 0 Å². The van der Waals surface area contributed by atoms with Crippen LogP contribution >= 0.6 is 0 Å². The lowest BCUT2D eigenvalue weighted by Crippen LogP contribution is -2.40. The van der Waals surface area contributed by atoms with Crippen molar-refractivity contribution in [1.82, 2.24) is 20.0 Å². The van der Waals surface area contributed by atoms with Crippen LogP contribution in [0.4, 0.5) is 0 Å². The van der Waals surface area contributed by atoms with Gasteiger partial charge in [0, 0.05) is 20.0 Å². The molecule has 0 saturated heterocycles. The van der Waals surface area contributed by atoms with E-state index in [2.05, 4.69) is 15.1 Å². The second kappa shape index (κ2) is 6.14. The summed E-state index contributed by atoms with van der Waals surface area (Å²) in [5, 5.41) is 7.66. The standard InChI is InChI=1S/C13H22N4O2/c1-10-14-15-12(19-10)8-17(3)13(18)9-16(2)11-6-4-5-7-11/h11H,4-9H2,1-3H3. The molecule has 19 heavy (non-hydrogen) atoms. The van der Waals surface area contributed by atoms with E-state index in [0.29, 0.717) is 30.9 Å². The molecule has 2 rings (SSSR count). The highest BCUT2D eigenvalue weighted by Gasteiger charge is 2.22. The van der Waals surface area contributed by atoms with Gasteiger partial charge < -0.3 is 9.32 Å². The zero-order chi connectivity index (χ0) is 13.8. The Morgan fingerprint density at radius 1 is 1.32 bits per heavy atom. The summed E-state index contributed by atoms with van der Waals surface area (Å²) in [5.74, 6) is 1.10. The van der Waals surface area contributed by atoms with Crippen LogP contribution in [0.5, 0.6) is 0 Å². The average Bonchev–Trinajstić information content (AvgIpc) is 3.00. The fraction of sp³-hybridized carbons (Fsp3) is 0.769. The third-order valence-corrected chi connectivity index (χ3v) is 3.70. The first-order chi connectivity index (χ1) is 9.06. The third kappa shape index (κ3) is 3.76. The Morgan fingerprint density at radius 3 is 2.58 bits per heavy atom. The molecule has 1 amide bonds. The smallest absolute Gasteiger partial charge is 0.236 e. The Balaban J connectivity index is 1.81. The normalized spacial score (nSPS) is 16.2. The van der Waals surface area contributed by atoms with Gasteiger partial charge in [-0.2, -0.15) is 0 Å². The maximum atomic E-state index is 12.1. The van der Waals surface area contributed by atoms with Gasteiger partial charge in [-0.05, 0) is 19.9 Å². The number of carbonyl (C=O) groups excluding carboxylic acids is 1. The van der Waals surface area contributed by atoms with Crippen molar-refractivity contribution < 1.29 is 9.21 Å². The van der Waals surface area contributed by atoms with Crippen LogP contribution in [0.1, 0.15) is 37.5 Å². The van der Waals surface area contributed by atoms with Gasteiger partial charge in [-0.15, -0.1) is 10.2 Å². The highest BCUT2D eigenvalue weighted by atomic mass is 16.4. The molecule has 0 atom stereocenters. The predicted octanol–water partition coefficient (Wildman–Crippen LogP) is 1.21. The van der Waals surface area contributed by atoms with E-state index in [0.717, 1.165) is 0 Å². The molecular formula is C13H22N4O2. The molecule has 0 radical (unpaired) electrons. The topological polar surface area (TPSA) is 62.5 Å². The number of hydrogen-bond acceptors (Lipinski definition) is 5. The van der Waals surface area contributed by atoms with E-state index in [9.17, 15) is 4.79 Å². The minimum atomic E-state index is 0.0882.